The van der Waals surface area contributed by atoms with Crippen LogP contribution >= 0.6 is 11.6 Å². The van der Waals surface area contributed by atoms with E-state index < -0.39 is 5.60 Å². The zero-order valence-electron chi connectivity index (χ0n) is 25.4. The van der Waals surface area contributed by atoms with Crippen molar-refractivity contribution in [1.29, 1.82) is 0 Å². The van der Waals surface area contributed by atoms with Gasteiger partial charge < -0.3 is 14.6 Å². The number of nitrogens with zero attached hydrogens (tertiary/aromatic N) is 2. The molecular weight excluding hydrogens is 558 g/mol. The fraction of sp³-hybridized carbons (Fsp3) is 0.250. The molecule has 1 N–H and O–H groups in total. The molecular formula is C36H36ClN3O3. The minimum atomic E-state index is -0.568. The van der Waals surface area contributed by atoms with Gasteiger partial charge in [0.25, 0.3) is 5.91 Å². The third-order valence-electron chi connectivity index (χ3n) is 7.59. The largest absolute Gasteiger partial charge is 0.456 e. The molecule has 2 heterocycles. The van der Waals surface area contributed by atoms with E-state index in [2.05, 4.69) is 40.8 Å². The number of halogens is 1. The van der Waals surface area contributed by atoms with E-state index in [1.165, 1.54) is 0 Å². The van der Waals surface area contributed by atoms with Gasteiger partial charge >= 0.3 is 5.97 Å². The molecule has 0 aliphatic rings. The zero-order chi connectivity index (χ0) is 30.9. The summed E-state index contributed by atoms with van der Waals surface area (Å²) in [7, 11) is 0. The SMILES string of the molecule is Cc1c(C)n(Cc2ccc(-c3ccccc3C(=O)OC(C)(C)C)cc2)c2ccc(C(=O)N[C@@H](C)c3cc(Cl)ccn3)cc12. The molecule has 7 heteroatoms. The molecule has 0 spiro atoms. The van der Waals surface area contributed by atoms with Crippen LogP contribution in [0.1, 0.15) is 77.0 Å². The maximum atomic E-state index is 13.1. The Morgan fingerprint density at radius 1 is 0.977 bits per heavy atom. The number of nitrogens with one attached hydrogen (secondary N) is 1. The van der Waals surface area contributed by atoms with E-state index in [4.69, 9.17) is 16.3 Å². The fourth-order valence-electron chi connectivity index (χ4n) is 5.22. The highest BCUT2D eigenvalue weighted by Crippen LogP contribution is 2.30. The predicted octanol–water partition coefficient (Wildman–Crippen LogP) is 8.47. The summed E-state index contributed by atoms with van der Waals surface area (Å²) in [6.07, 6.45) is 1.64. The molecule has 5 aromatic rings. The topological polar surface area (TPSA) is 73.2 Å². The summed E-state index contributed by atoms with van der Waals surface area (Å²) < 4.78 is 7.91. The molecule has 3 aromatic carbocycles. The van der Waals surface area contributed by atoms with Crippen molar-refractivity contribution in [1.82, 2.24) is 14.9 Å². The molecule has 0 bridgehead atoms. The first-order valence-corrected chi connectivity index (χ1v) is 14.7. The van der Waals surface area contributed by atoms with Crippen LogP contribution in [0, 0.1) is 13.8 Å². The Morgan fingerprint density at radius 2 is 1.70 bits per heavy atom. The van der Waals surface area contributed by atoms with Gasteiger partial charge in [-0.3, -0.25) is 9.78 Å². The van der Waals surface area contributed by atoms with Crippen LogP contribution in [-0.2, 0) is 11.3 Å². The van der Waals surface area contributed by atoms with Crippen molar-refractivity contribution in [2.45, 2.75) is 59.7 Å². The van der Waals surface area contributed by atoms with Crippen molar-refractivity contribution in [3.05, 3.63) is 124 Å². The Labute approximate surface area is 257 Å². The van der Waals surface area contributed by atoms with E-state index in [1.54, 1.807) is 24.4 Å². The number of hydrogen-bond acceptors (Lipinski definition) is 4. The van der Waals surface area contributed by atoms with Crippen LogP contribution in [0.5, 0.6) is 0 Å². The minimum absolute atomic E-state index is 0.164. The molecule has 0 saturated heterocycles. The highest BCUT2D eigenvalue weighted by atomic mass is 35.5. The average Bonchev–Trinajstić information content (AvgIpc) is 3.21. The number of aryl methyl sites for hydroxylation is 1. The minimum Gasteiger partial charge on any atom is -0.456 e. The van der Waals surface area contributed by atoms with Gasteiger partial charge in [-0.05, 0) is 100 Å². The van der Waals surface area contributed by atoms with Crippen molar-refractivity contribution >= 4 is 34.4 Å². The van der Waals surface area contributed by atoms with Gasteiger partial charge in [0.15, 0.2) is 0 Å². The number of ether oxygens (including phenoxy) is 1. The molecule has 0 saturated carbocycles. The molecule has 1 atom stereocenters. The molecule has 6 nitrogen and oxygen atoms in total. The van der Waals surface area contributed by atoms with Crippen molar-refractivity contribution < 1.29 is 14.3 Å². The number of esters is 1. The summed E-state index contributed by atoms with van der Waals surface area (Å²) in [5, 5.41) is 4.66. The van der Waals surface area contributed by atoms with Crippen LogP contribution in [0.25, 0.3) is 22.0 Å². The first-order chi connectivity index (χ1) is 20.4. The van der Waals surface area contributed by atoms with E-state index >= 15 is 0 Å². The highest BCUT2D eigenvalue weighted by molar-refractivity contribution is 6.30. The molecule has 1 amide bonds. The summed E-state index contributed by atoms with van der Waals surface area (Å²) in [5.74, 6) is -0.496. The van der Waals surface area contributed by atoms with Crippen LogP contribution in [0.3, 0.4) is 0 Å². The lowest BCUT2D eigenvalue weighted by Crippen LogP contribution is -2.27. The second kappa shape index (κ2) is 12.1. The van der Waals surface area contributed by atoms with E-state index in [0.29, 0.717) is 28.4 Å². The van der Waals surface area contributed by atoms with Gasteiger partial charge in [0.2, 0.25) is 0 Å². The molecule has 43 heavy (non-hydrogen) atoms. The summed E-state index contributed by atoms with van der Waals surface area (Å²) >= 11 is 6.10. The van der Waals surface area contributed by atoms with Crippen molar-refractivity contribution in [3.8, 4) is 11.1 Å². The Kier molecular flexibility index (Phi) is 8.43. The molecule has 2 aromatic heterocycles. The third kappa shape index (κ3) is 6.65. The van der Waals surface area contributed by atoms with Gasteiger partial charge in [0.1, 0.15) is 5.60 Å². The Bertz CT molecular complexity index is 1820. The molecule has 220 valence electrons. The first kappa shape index (κ1) is 30.1. The zero-order valence-corrected chi connectivity index (χ0v) is 26.1. The predicted molar refractivity (Wildman–Crippen MR) is 173 cm³/mol. The highest BCUT2D eigenvalue weighted by Gasteiger charge is 2.21. The lowest BCUT2D eigenvalue weighted by Gasteiger charge is -2.20. The lowest BCUT2D eigenvalue weighted by molar-refractivity contribution is 0.00703. The van der Waals surface area contributed by atoms with Gasteiger partial charge in [0.05, 0.1) is 17.3 Å². The maximum Gasteiger partial charge on any atom is 0.339 e. The molecule has 0 aliphatic carbocycles. The van der Waals surface area contributed by atoms with Gasteiger partial charge in [-0.2, -0.15) is 0 Å². The Balaban J connectivity index is 1.37. The van der Waals surface area contributed by atoms with Gasteiger partial charge in [0, 0.05) is 39.9 Å². The normalized spacial score (nSPS) is 12.3. The summed E-state index contributed by atoms with van der Waals surface area (Å²) in [5.41, 5.74) is 7.54. The van der Waals surface area contributed by atoms with Crippen molar-refractivity contribution in [2.24, 2.45) is 0 Å². The summed E-state index contributed by atoms with van der Waals surface area (Å²) in [6, 6.07) is 24.8. The number of hydrogen-bond donors (Lipinski definition) is 1. The number of pyridine rings is 1. The fourth-order valence-corrected chi connectivity index (χ4v) is 5.39. The van der Waals surface area contributed by atoms with Crippen LogP contribution in [0.15, 0.2) is 85.1 Å². The Morgan fingerprint density at radius 3 is 2.40 bits per heavy atom. The lowest BCUT2D eigenvalue weighted by atomic mass is 9.98. The number of aromatic nitrogens is 2. The quantitative estimate of drug-likeness (QED) is 0.192. The average molecular weight is 594 g/mol. The second-order valence-electron chi connectivity index (χ2n) is 11.9. The van der Waals surface area contributed by atoms with Gasteiger partial charge in [-0.15, -0.1) is 0 Å². The number of fused-ring (bicyclic) bond motifs is 1. The van der Waals surface area contributed by atoms with E-state index in [1.807, 2.05) is 76.2 Å². The van der Waals surface area contributed by atoms with Crippen LogP contribution < -0.4 is 5.32 Å². The summed E-state index contributed by atoms with van der Waals surface area (Å²) in [4.78, 5) is 30.3. The van der Waals surface area contributed by atoms with Gasteiger partial charge in [-0.25, -0.2) is 4.79 Å². The monoisotopic (exact) mass is 593 g/mol. The number of carbonyl (C=O) groups excluding carboxylic acids is 2. The Hall–Kier alpha value is -4.42. The van der Waals surface area contributed by atoms with E-state index in [0.717, 1.165) is 38.9 Å². The first-order valence-electron chi connectivity index (χ1n) is 14.3. The van der Waals surface area contributed by atoms with E-state index in [9.17, 15) is 9.59 Å². The number of rotatable bonds is 7. The molecule has 0 radical (unpaired) electrons. The molecule has 5 rings (SSSR count). The van der Waals surface area contributed by atoms with Crippen LogP contribution in [0.4, 0.5) is 0 Å². The molecule has 0 aliphatic heterocycles. The standard InChI is InChI=1S/C36H36ClN3O3/c1-22-24(3)40(33-16-15-27(19-31(22)33)34(41)39-23(2)32-20-28(37)17-18-38-32)21-25-11-13-26(14-12-25)29-9-7-8-10-30(29)35(42)43-36(4,5)6/h7-20,23H,21H2,1-6H3,(H,39,41)/t23-/m0/s1. The van der Waals surface area contributed by atoms with Crippen LogP contribution in [-0.4, -0.2) is 27.0 Å². The maximum absolute atomic E-state index is 13.1. The summed E-state index contributed by atoms with van der Waals surface area (Å²) in [6.45, 7) is 12.4. The number of benzene rings is 3. The third-order valence-corrected chi connectivity index (χ3v) is 7.82. The van der Waals surface area contributed by atoms with Crippen molar-refractivity contribution in [2.75, 3.05) is 0 Å². The molecule has 0 fully saturated rings. The number of amides is 1. The second-order valence-corrected chi connectivity index (χ2v) is 12.3. The number of carbonyl (C=O) groups is 2. The van der Waals surface area contributed by atoms with Gasteiger partial charge in [-0.1, -0.05) is 54.1 Å². The smallest absolute Gasteiger partial charge is 0.339 e. The molecule has 0 unspecified atom stereocenters. The van der Waals surface area contributed by atoms with Crippen molar-refractivity contribution in [3.63, 3.8) is 0 Å². The van der Waals surface area contributed by atoms with E-state index in [-0.39, 0.29) is 17.9 Å². The van der Waals surface area contributed by atoms with Crippen LogP contribution in [0.2, 0.25) is 5.02 Å².